The molecule has 0 spiro atoms. The molecule has 1 heterocycles. The van der Waals surface area contributed by atoms with Crippen LogP contribution in [0, 0.1) is 0 Å². The number of piperazine rings is 1. The van der Waals surface area contributed by atoms with Crippen LogP contribution < -0.4 is 4.74 Å². The summed E-state index contributed by atoms with van der Waals surface area (Å²) in [6, 6.07) is 5.75. The minimum atomic E-state index is -0.512. The Morgan fingerprint density at radius 3 is 2.65 bits per heavy atom. The van der Waals surface area contributed by atoms with Crippen molar-refractivity contribution in [1.82, 2.24) is 9.80 Å². The van der Waals surface area contributed by atoms with Crippen molar-refractivity contribution < 1.29 is 9.84 Å². The zero-order valence-corrected chi connectivity index (χ0v) is 13.8. The highest BCUT2D eigenvalue weighted by Gasteiger charge is 2.14. The largest absolute Gasteiger partial charge is 0.492 e. The van der Waals surface area contributed by atoms with Crippen molar-refractivity contribution in [3.8, 4) is 5.75 Å². The van der Waals surface area contributed by atoms with Crippen molar-refractivity contribution in [3.05, 3.63) is 28.2 Å². The van der Waals surface area contributed by atoms with E-state index in [2.05, 4.69) is 32.8 Å². The van der Waals surface area contributed by atoms with Crippen molar-refractivity contribution in [2.75, 3.05) is 46.4 Å². The van der Waals surface area contributed by atoms with Crippen LogP contribution in [-0.4, -0.2) is 61.3 Å². The van der Waals surface area contributed by atoms with Gasteiger partial charge < -0.3 is 14.7 Å². The number of aliphatic hydroxyl groups excluding tert-OH is 1. The molecule has 0 aromatic heterocycles. The molecule has 1 unspecified atom stereocenters. The lowest BCUT2D eigenvalue weighted by molar-refractivity contribution is 0.131. The molecule has 20 heavy (non-hydrogen) atoms. The summed E-state index contributed by atoms with van der Waals surface area (Å²) in [5.74, 6) is 0.767. The molecule has 112 valence electrons. The van der Waals surface area contributed by atoms with Crippen LogP contribution >= 0.6 is 15.9 Å². The topological polar surface area (TPSA) is 35.9 Å². The van der Waals surface area contributed by atoms with Gasteiger partial charge >= 0.3 is 0 Å². The van der Waals surface area contributed by atoms with Crippen molar-refractivity contribution in [2.45, 2.75) is 13.0 Å². The smallest absolute Gasteiger partial charge is 0.126 e. The summed E-state index contributed by atoms with van der Waals surface area (Å²) in [5.41, 5.74) is 0.839. The molecule has 1 N–H and O–H groups in total. The molecule has 1 atom stereocenters. The molecule has 1 saturated heterocycles. The Kier molecular flexibility index (Phi) is 5.84. The maximum absolute atomic E-state index is 9.76. The number of aliphatic hydroxyl groups is 1. The second kappa shape index (κ2) is 7.41. The highest BCUT2D eigenvalue weighted by atomic mass is 79.9. The summed E-state index contributed by atoms with van der Waals surface area (Å²) in [6.45, 7) is 7.78. The van der Waals surface area contributed by atoms with Gasteiger partial charge in [-0.2, -0.15) is 0 Å². The van der Waals surface area contributed by atoms with Crippen LogP contribution in [0.15, 0.2) is 22.7 Å². The Balaban J connectivity index is 1.86. The van der Waals surface area contributed by atoms with Gasteiger partial charge in [-0.05, 0) is 26.1 Å². The van der Waals surface area contributed by atoms with Gasteiger partial charge in [0.25, 0.3) is 0 Å². The van der Waals surface area contributed by atoms with Gasteiger partial charge in [-0.1, -0.05) is 22.0 Å². The van der Waals surface area contributed by atoms with Crippen molar-refractivity contribution >= 4 is 15.9 Å². The monoisotopic (exact) mass is 342 g/mol. The molecule has 5 heteroatoms. The van der Waals surface area contributed by atoms with E-state index in [1.807, 2.05) is 18.2 Å². The van der Waals surface area contributed by atoms with Crippen LogP contribution in [0.5, 0.6) is 5.75 Å². The van der Waals surface area contributed by atoms with Gasteiger partial charge in [0.15, 0.2) is 0 Å². The van der Waals surface area contributed by atoms with Crippen molar-refractivity contribution in [3.63, 3.8) is 0 Å². The Labute approximate surface area is 129 Å². The molecule has 1 aromatic rings. The Morgan fingerprint density at radius 1 is 1.30 bits per heavy atom. The second-order valence-electron chi connectivity index (χ2n) is 5.35. The number of hydrogen-bond donors (Lipinski definition) is 1. The fourth-order valence-electron chi connectivity index (χ4n) is 2.33. The van der Waals surface area contributed by atoms with Gasteiger partial charge in [-0.15, -0.1) is 0 Å². The van der Waals surface area contributed by atoms with Gasteiger partial charge in [0.05, 0.1) is 6.10 Å². The Bertz CT molecular complexity index is 432. The fourth-order valence-corrected chi connectivity index (χ4v) is 2.67. The Morgan fingerprint density at radius 2 is 2.00 bits per heavy atom. The predicted molar refractivity (Wildman–Crippen MR) is 84.2 cm³/mol. The average molecular weight is 343 g/mol. The number of rotatable bonds is 5. The lowest BCUT2D eigenvalue weighted by Crippen LogP contribution is -2.45. The average Bonchev–Trinajstić information content (AvgIpc) is 2.41. The molecule has 1 fully saturated rings. The summed E-state index contributed by atoms with van der Waals surface area (Å²) in [7, 11) is 2.16. The van der Waals surface area contributed by atoms with E-state index >= 15 is 0 Å². The van der Waals surface area contributed by atoms with E-state index in [1.54, 1.807) is 6.92 Å². The third kappa shape index (κ3) is 4.45. The number of nitrogens with zero attached hydrogens (tertiary/aromatic N) is 2. The highest BCUT2D eigenvalue weighted by Crippen LogP contribution is 2.28. The molecule has 1 aromatic carbocycles. The molecule has 0 amide bonds. The zero-order valence-electron chi connectivity index (χ0n) is 12.2. The minimum absolute atomic E-state index is 0.512. The summed E-state index contributed by atoms with van der Waals surface area (Å²) in [5, 5.41) is 9.76. The molecular formula is C15H23BrN2O2. The van der Waals surface area contributed by atoms with Crippen LogP contribution in [0.1, 0.15) is 18.6 Å². The van der Waals surface area contributed by atoms with Gasteiger partial charge in [0.2, 0.25) is 0 Å². The molecule has 0 radical (unpaired) electrons. The van der Waals surface area contributed by atoms with E-state index in [4.69, 9.17) is 4.74 Å². The van der Waals surface area contributed by atoms with E-state index in [1.165, 1.54) is 0 Å². The number of halogens is 1. The molecule has 1 aliphatic rings. The van der Waals surface area contributed by atoms with E-state index < -0.39 is 6.10 Å². The van der Waals surface area contributed by atoms with Gasteiger partial charge in [-0.25, -0.2) is 0 Å². The van der Waals surface area contributed by atoms with Crippen LogP contribution in [0.4, 0.5) is 0 Å². The quantitative estimate of drug-likeness (QED) is 0.889. The molecule has 1 aliphatic heterocycles. The van der Waals surface area contributed by atoms with Gasteiger partial charge in [0.1, 0.15) is 12.4 Å². The minimum Gasteiger partial charge on any atom is -0.492 e. The first kappa shape index (κ1) is 15.8. The zero-order chi connectivity index (χ0) is 14.5. The fraction of sp³-hybridized carbons (Fsp3) is 0.600. The highest BCUT2D eigenvalue weighted by molar-refractivity contribution is 9.10. The first-order valence-corrected chi connectivity index (χ1v) is 7.87. The first-order chi connectivity index (χ1) is 9.56. The maximum Gasteiger partial charge on any atom is 0.126 e. The van der Waals surface area contributed by atoms with Crippen LogP contribution in [0.25, 0.3) is 0 Å². The van der Waals surface area contributed by atoms with Gasteiger partial charge in [-0.3, -0.25) is 4.90 Å². The third-order valence-corrected chi connectivity index (χ3v) is 4.18. The first-order valence-electron chi connectivity index (χ1n) is 7.07. The van der Waals surface area contributed by atoms with E-state index in [9.17, 15) is 5.11 Å². The summed E-state index contributed by atoms with van der Waals surface area (Å²) in [4.78, 5) is 4.76. The van der Waals surface area contributed by atoms with Crippen LogP contribution in [-0.2, 0) is 0 Å². The maximum atomic E-state index is 9.76. The summed E-state index contributed by atoms with van der Waals surface area (Å²) in [6.07, 6.45) is -0.512. The lowest BCUT2D eigenvalue weighted by atomic mass is 10.1. The number of hydrogen-bond acceptors (Lipinski definition) is 4. The van der Waals surface area contributed by atoms with Crippen LogP contribution in [0.3, 0.4) is 0 Å². The SMILES string of the molecule is CC(O)c1ccc(Br)cc1OCCN1CCN(C)CC1. The van der Waals surface area contributed by atoms with E-state index in [0.29, 0.717) is 6.61 Å². The number of benzene rings is 1. The van der Waals surface area contributed by atoms with E-state index in [-0.39, 0.29) is 0 Å². The van der Waals surface area contributed by atoms with Crippen molar-refractivity contribution in [1.29, 1.82) is 0 Å². The summed E-state index contributed by atoms with van der Waals surface area (Å²) < 4.78 is 6.83. The normalized spacial score (nSPS) is 19.0. The molecule has 4 nitrogen and oxygen atoms in total. The number of likely N-dealkylation sites (N-methyl/N-ethyl adjacent to an activating group) is 1. The van der Waals surface area contributed by atoms with Gasteiger partial charge in [0, 0.05) is 42.8 Å². The molecule has 0 saturated carbocycles. The summed E-state index contributed by atoms with van der Waals surface area (Å²) >= 11 is 3.44. The van der Waals surface area contributed by atoms with E-state index in [0.717, 1.165) is 48.5 Å². The Hall–Kier alpha value is -0.620. The second-order valence-corrected chi connectivity index (χ2v) is 6.27. The standard InChI is InChI=1S/C15H23BrN2O2/c1-12(19)14-4-3-13(16)11-15(14)20-10-9-18-7-5-17(2)6-8-18/h3-4,11-12,19H,5-10H2,1-2H3. The molecule has 0 aliphatic carbocycles. The molecule has 2 rings (SSSR count). The van der Waals surface area contributed by atoms with Crippen LogP contribution in [0.2, 0.25) is 0 Å². The predicted octanol–water partition coefficient (Wildman–Crippen LogP) is 2.13. The molecular weight excluding hydrogens is 320 g/mol. The molecule has 0 bridgehead atoms. The van der Waals surface area contributed by atoms with Crippen molar-refractivity contribution in [2.24, 2.45) is 0 Å². The lowest BCUT2D eigenvalue weighted by Gasteiger charge is -2.32. The number of ether oxygens (including phenoxy) is 1. The third-order valence-electron chi connectivity index (χ3n) is 3.69.